The van der Waals surface area contributed by atoms with Crippen LogP contribution in [-0.2, 0) is 6.54 Å². The normalized spacial score (nSPS) is 15.7. The van der Waals surface area contributed by atoms with Crippen molar-refractivity contribution in [1.29, 1.82) is 0 Å². The standard InChI is InChI=1S/C17H17F2N3O/c18-15-9-14(10-16(19)11-15)17(23)22-7-5-21(6-8-22)12-13-1-3-20-4-2-13/h1-4,9-11H,5-8,12H2. The molecule has 4 nitrogen and oxygen atoms in total. The number of carbonyl (C=O) groups excluding carboxylic acids is 1. The Hall–Kier alpha value is -2.34. The maximum Gasteiger partial charge on any atom is 0.254 e. The number of carbonyl (C=O) groups is 1. The van der Waals surface area contributed by atoms with E-state index in [0.717, 1.165) is 37.8 Å². The van der Waals surface area contributed by atoms with Crippen molar-refractivity contribution in [1.82, 2.24) is 14.8 Å². The van der Waals surface area contributed by atoms with E-state index in [1.54, 1.807) is 17.3 Å². The first-order valence-electron chi connectivity index (χ1n) is 7.48. The van der Waals surface area contributed by atoms with Gasteiger partial charge in [0.1, 0.15) is 11.6 Å². The number of nitrogens with zero attached hydrogens (tertiary/aromatic N) is 3. The first-order chi connectivity index (χ1) is 11.1. The molecule has 1 aliphatic heterocycles. The Morgan fingerprint density at radius 3 is 2.22 bits per heavy atom. The largest absolute Gasteiger partial charge is 0.336 e. The van der Waals surface area contributed by atoms with Crippen LogP contribution in [0.5, 0.6) is 0 Å². The molecule has 0 N–H and O–H groups in total. The number of pyridine rings is 1. The van der Waals surface area contributed by atoms with Crippen LogP contribution in [0.25, 0.3) is 0 Å². The Kier molecular flexibility index (Phi) is 4.62. The van der Waals surface area contributed by atoms with E-state index in [4.69, 9.17) is 0 Å². The molecule has 23 heavy (non-hydrogen) atoms. The molecule has 1 aliphatic rings. The van der Waals surface area contributed by atoms with Gasteiger partial charge in [-0.3, -0.25) is 14.7 Å². The summed E-state index contributed by atoms with van der Waals surface area (Å²) in [4.78, 5) is 20.2. The zero-order valence-corrected chi connectivity index (χ0v) is 12.6. The van der Waals surface area contributed by atoms with Gasteiger partial charge >= 0.3 is 0 Å². The molecule has 1 aromatic carbocycles. The minimum Gasteiger partial charge on any atom is -0.336 e. The lowest BCUT2D eigenvalue weighted by molar-refractivity contribution is 0.0627. The second kappa shape index (κ2) is 6.83. The van der Waals surface area contributed by atoms with E-state index in [2.05, 4.69) is 9.88 Å². The van der Waals surface area contributed by atoms with Crippen molar-refractivity contribution in [3.05, 3.63) is 65.5 Å². The Morgan fingerprint density at radius 2 is 1.61 bits per heavy atom. The van der Waals surface area contributed by atoms with Gasteiger partial charge in [-0.2, -0.15) is 0 Å². The first kappa shape index (κ1) is 15.6. The number of piperazine rings is 1. The van der Waals surface area contributed by atoms with Gasteiger partial charge in [0.2, 0.25) is 0 Å². The van der Waals surface area contributed by atoms with E-state index < -0.39 is 11.6 Å². The molecule has 1 saturated heterocycles. The number of rotatable bonds is 3. The van der Waals surface area contributed by atoms with E-state index in [1.165, 1.54) is 5.56 Å². The third-order valence-corrected chi connectivity index (χ3v) is 3.92. The van der Waals surface area contributed by atoms with Gasteiger partial charge in [-0.05, 0) is 29.8 Å². The van der Waals surface area contributed by atoms with E-state index in [9.17, 15) is 13.6 Å². The fourth-order valence-electron chi connectivity index (χ4n) is 2.72. The topological polar surface area (TPSA) is 36.4 Å². The lowest BCUT2D eigenvalue weighted by atomic mass is 10.1. The molecule has 2 heterocycles. The van der Waals surface area contributed by atoms with Crippen LogP contribution in [0.3, 0.4) is 0 Å². The van der Waals surface area contributed by atoms with Crippen LogP contribution in [0.2, 0.25) is 0 Å². The summed E-state index contributed by atoms with van der Waals surface area (Å²) in [5.74, 6) is -1.79. The fourth-order valence-corrected chi connectivity index (χ4v) is 2.72. The minimum absolute atomic E-state index is 0.0603. The number of benzene rings is 1. The van der Waals surface area contributed by atoms with Crippen molar-refractivity contribution in [3.8, 4) is 0 Å². The van der Waals surface area contributed by atoms with Crippen molar-refractivity contribution in [2.24, 2.45) is 0 Å². The Morgan fingerprint density at radius 1 is 1.00 bits per heavy atom. The SMILES string of the molecule is O=C(c1cc(F)cc(F)c1)N1CCN(Cc2ccncc2)CC1. The Balaban J connectivity index is 1.59. The summed E-state index contributed by atoms with van der Waals surface area (Å²) in [5, 5.41) is 0. The summed E-state index contributed by atoms with van der Waals surface area (Å²) in [7, 11) is 0. The molecule has 0 bridgehead atoms. The highest BCUT2D eigenvalue weighted by Gasteiger charge is 2.22. The summed E-state index contributed by atoms with van der Waals surface area (Å²) in [6, 6.07) is 6.85. The molecule has 6 heteroatoms. The van der Waals surface area contributed by atoms with Gasteiger partial charge in [0.05, 0.1) is 0 Å². The Bertz CT molecular complexity index is 665. The second-order valence-corrected chi connectivity index (χ2v) is 5.58. The van der Waals surface area contributed by atoms with Gasteiger partial charge in [0, 0.05) is 56.7 Å². The molecular formula is C17H17F2N3O. The van der Waals surface area contributed by atoms with E-state index in [-0.39, 0.29) is 11.5 Å². The monoisotopic (exact) mass is 317 g/mol. The molecule has 2 aromatic rings. The minimum atomic E-state index is -0.732. The molecule has 1 aromatic heterocycles. The summed E-state index contributed by atoms with van der Waals surface area (Å²) < 4.78 is 26.5. The van der Waals surface area contributed by atoms with Crippen LogP contribution >= 0.6 is 0 Å². The molecule has 0 spiro atoms. The van der Waals surface area contributed by atoms with Gasteiger partial charge < -0.3 is 4.90 Å². The highest BCUT2D eigenvalue weighted by molar-refractivity contribution is 5.94. The highest BCUT2D eigenvalue weighted by atomic mass is 19.1. The Labute approximate surface area is 133 Å². The molecule has 120 valence electrons. The van der Waals surface area contributed by atoms with Crippen LogP contribution in [0.15, 0.2) is 42.7 Å². The third kappa shape index (κ3) is 3.90. The van der Waals surface area contributed by atoms with E-state index >= 15 is 0 Å². The second-order valence-electron chi connectivity index (χ2n) is 5.58. The maximum atomic E-state index is 13.2. The average Bonchev–Trinajstić information content (AvgIpc) is 2.55. The molecule has 0 unspecified atom stereocenters. The lowest BCUT2D eigenvalue weighted by Crippen LogP contribution is -2.48. The van der Waals surface area contributed by atoms with Crippen molar-refractivity contribution in [3.63, 3.8) is 0 Å². The summed E-state index contributed by atoms with van der Waals surface area (Å²) >= 11 is 0. The zero-order valence-electron chi connectivity index (χ0n) is 12.6. The molecule has 0 radical (unpaired) electrons. The van der Waals surface area contributed by atoms with Crippen LogP contribution < -0.4 is 0 Å². The lowest BCUT2D eigenvalue weighted by Gasteiger charge is -2.34. The summed E-state index contributed by atoms with van der Waals surface area (Å²) in [5.41, 5.74) is 1.23. The number of aromatic nitrogens is 1. The molecule has 0 saturated carbocycles. The van der Waals surface area contributed by atoms with Gasteiger partial charge in [0.25, 0.3) is 5.91 Å². The number of halogens is 2. The van der Waals surface area contributed by atoms with Crippen LogP contribution in [0.1, 0.15) is 15.9 Å². The quantitative estimate of drug-likeness (QED) is 0.872. The average molecular weight is 317 g/mol. The molecule has 0 aliphatic carbocycles. The van der Waals surface area contributed by atoms with Gasteiger partial charge in [-0.15, -0.1) is 0 Å². The van der Waals surface area contributed by atoms with Gasteiger partial charge in [-0.25, -0.2) is 8.78 Å². The molecular weight excluding hydrogens is 300 g/mol. The van der Waals surface area contributed by atoms with Crippen LogP contribution in [0.4, 0.5) is 8.78 Å². The van der Waals surface area contributed by atoms with E-state index in [1.807, 2.05) is 12.1 Å². The van der Waals surface area contributed by atoms with Crippen LogP contribution in [0, 0.1) is 11.6 Å². The third-order valence-electron chi connectivity index (χ3n) is 3.92. The first-order valence-corrected chi connectivity index (χ1v) is 7.48. The smallest absolute Gasteiger partial charge is 0.254 e. The predicted molar refractivity (Wildman–Crippen MR) is 81.8 cm³/mol. The van der Waals surface area contributed by atoms with Crippen LogP contribution in [-0.4, -0.2) is 46.9 Å². The molecule has 3 rings (SSSR count). The summed E-state index contributed by atoms with van der Waals surface area (Å²) in [6.45, 7) is 3.35. The number of amides is 1. The van der Waals surface area contributed by atoms with Crippen molar-refractivity contribution < 1.29 is 13.6 Å². The zero-order chi connectivity index (χ0) is 16.2. The fraction of sp³-hybridized carbons (Fsp3) is 0.294. The molecule has 0 atom stereocenters. The van der Waals surface area contributed by atoms with Crippen molar-refractivity contribution >= 4 is 5.91 Å². The maximum absolute atomic E-state index is 13.2. The predicted octanol–water partition coefficient (Wildman–Crippen LogP) is 2.32. The van der Waals surface area contributed by atoms with Crippen molar-refractivity contribution in [2.45, 2.75) is 6.54 Å². The molecule has 1 amide bonds. The summed E-state index contributed by atoms with van der Waals surface area (Å²) in [6.07, 6.45) is 3.52. The van der Waals surface area contributed by atoms with E-state index in [0.29, 0.717) is 13.1 Å². The van der Waals surface area contributed by atoms with Gasteiger partial charge in [-0.1, -0.05) is 0 Å². The number of hydrogen-bond donors (Lipinski definition) is 0. The highest BCUT2D eigenvalue weighted by Crippen LogP contribution is 2.14. The number of hydrogen-bond acceptors (Lipinski definition) is 3. The van der Waals surface area contributed by atoms with Gasteiger partial charge in [0.15, 0.2) is 0 Å². The molecule has 1 fully saturated rings. The van der Waals surface area contributed by atoms with Crippen molar-refractivity contribution in [2.75, 3.05) is 26.2 Å².